The topological polar surface area (TPSA) is 112 Å². The Hall–Kier alpha value is -2.79. The number of aryl methyl sites for hydroxylation is 1. The van der Waals surface area contributed by atoms with E-state index in [1.165, 1.54) is 30.0 Å². The number of thioether (sulfide) groups is 1. The van der Waals surface area contributed by atoms with Crippen LogP contribution < -0.4 is 10.1 Å². The molecule has 3 rings (SSSR count). The van der Waals surface area contributed by atoms with Crippen LogP contribution in [-0.4, -0.2) is 38.0 Å². The Morgan fingerprint density at radius 1 is 1.20 bits per heavy atom. The van der Waals surface area contributed by atoms with Crippen LogP contribution in [0.1, 0.15) is 12.2 Å². The van der Waals surface area contributed by atoms with Crippen molar-refractivity contribution < 1.29 is 14.5 Å². The first kappa shape index (κ1) is 26.8. The van der Waals surface area contributed by atoms with Crippen LogP contribution in [0, 0.1) is 10.1 Å². The maximum Gasteiger partial charge on any atom is 0.289 e. The molecule has 1 aromatic heterocycles. The summed E-state index contributed by atoms with van der Waals surface area (Å²) in [6.07, 6.45) is 2.97. The Balaban J connectivity index is 1.55. The van der Waals surface area contributed by atoms with Crippen molar-refractivity contribution in [2.75, 3.05) is 17.7 Å². The minimum atomic E-state index is -0.610. The number of ether oxygens (including phenoxy) is 1. The molecular formula is C22H20Cl3N5O4S. The van der Waals surface area contributed by atoms with Gasteiger partial charge in [0.25, 0.3) is 5.69 Å². The predicted molar refractivity (Wildman–Crippen MR) is 138 cm³/mol. The Morgan fingerprint density at radius 2 is 2.00 bits per heavy atom. The first-order chi connectivity index (χ1) is 16.8. The summed E-state index contributed by atoms with van der Waals surface area (Å²) in [7, 11) is 0. The molecule has 0 radical (unpaired) electrons. The van der Waals surface area contributed by atoms with Gasteiger partial charge in [-0.1, -0.05) is 52.6 Å². The van der Waals surface area contributed by atoms with Gasteiger partial charge in [-0.15, -0.1) is 16.8 Å². The van der Waals surface area contributed by atoms with E-state index in [1.807, 2.05) is 4.57 Å². The van der Waals surface area contributed by atoms with Crippen LogP contribution in [0.5, 0.6) is 5.75 Å². The molecule has 1 heterocycles. The molecule has 0 atom stereocenters. The van der Waals surface area contributed by atoms with Crippen molar-refractivity contribution in [2.24, 2.45) is 0 Å². The van der Waals surface area contributed by atoms with Gasteiger partial charge < -0.3 is 14.6 Å². The molecule has 1 N–H and O–H groups in total. The third-order valence-electron chi connectivity index (χ3n) is 4.56. The number of allylic oxidation sites excluding steroid dienone is 1. The van der Waals surface area contributed by atoms with Crippen LogP contribution in [0.15, 0.2) is 54.2 Å². The molecule has 0 saturated heterocycles. The number of amides is 1. The van der Waals surface area contributed by atoms with Gasteiger partial charge in [0, 0.05) is 29.7 Å². The van der Waals surface area contributed by atoms with Gasteiger partial charge in [0.15, 0.2) is 5.16 Å². The van der Waals surface area contributed by atoms with Crippen LogP contribution in [0.2, 0.25) is 15.1 Å². The monoisotopic (exact) mass is 555 g/mol. The second-order valence-corrected chi connectivity index (χ2v) is 9.28. The Kier molecular flexibility index (Phi) is 9.79. The number of nitro benzene ring substituents is 1. The van der Waals surface area contributed by atoms with Gasteiger partial charge in [0.05, 0.1) is 22.3 Å². The van der Waals surface area contributed by atoms with Crippen LogP contribution in [0.4, 0.5) is 11.4 Å². The Morgan fingerprint density at radius 3 is 2.71 bits per heavy atom. The van der Waals surface area contributed by atoms with Crippen molar-refractivity contribution in [2.45, 2.75) is 24.5 Å². The highest BCUT2D eigenvalue weighted by molar-refractivity contribution is 7.99. The van der Waals surface area contributed by atoms with Crippen molar-refractivity contribution in [1.29, 1.82) is 0 Å². The molecule has 2 aromatic carbocycles. The molecule has 13 heteroatoms. The molecule has 0 aliphatic carbocycles. The molecule has 9 nitrogen and oxygen atoms in total. The van der Waals surface area contributed by atoms with E-state index in [1.54, 1.807) is 24.3 Å². The van der Waals surface area contributed by atoms with E-state index >= 15 is 0 Å². The number of nitro groups is 1. The van der Waals surface area contributed by atoms with Crippen molar-refractivity contribution in [3.05, 3.63) is 80.1 Å². The zero-order valence-electron chi connectivity index (χ0n) is 18.2. The molecular weight excluding hydrogens is 537 g/mol. The maximum atomic E-state index is 12.4. The van der Waals surface area contributed by atoms with Gasteiger partial charge in [-0.05, 0) is 36.8 Å². The average molecular weight is 557 g/mol. The summed E-state index contributed by atoms with van der Waals surface area (Å²) in [5.74, 6) is 0.961. The first-order valence-electron chi connectivity index (χ1n) is 10.3. The summed E-state index contributed by atoms with van der Waals surface area (Å²) in [4.78, 5) is 22.8. The lowest BCUT2D eigenvalue weighted by molar-refractivity contribution is -0.384. The standard InChI is InChI=1S/C22H20Cl3N5O4S/c1-2-9-29-20(4-3-10-34-19-8-5-14(23)11-17(19)25)27-28-22(29)35-13-21(31)26-15-6-7-16(24)18(12-15)30(32)33/h2,5-8,11-12H,1,3-4,9-10,13H2,(H,26,31). The number of benzene rings is 2. The molecule has 0 bridgehead atoms. The van der Waals surface area contributed by atoms with Gasteiger partial charge in [0.2, 0.25) is 5.91 Å². The number of aromatic nitrogens is 3. The lowest BCUT2D eigenvalue weighted by Gasteiger charge is -2.10. The summed E-state index contributed by atoms with van der Waals surface area (Å²) in [6, 6.07) is 9.11. The fourth-order valence-electron chi connectivity index (χ4n) is 2.99. The summed E-state index contributed by atoms with van der Waals surface area (Å²) in [5.41, 5.74) is -0.00413. The van der Waals surface area contributed by atoms with E-state index in [-0.39, 0.29) is 28.1 Å². The zero-order chi connectivity index (χ0) is 25.4. The van der Waals surface area contributed by atoms with E-state index < -0.39 is 4.92 Å². The number of anilines is 1. The van der Waals surface area contributed by atoms with E-state index in [0.29, 0.717) is 46.9 Å². The summed E-state index contributed by atoms with van der Waals surface area (Å²) >= 11 is 19.0. The summed E-state index contributed by atoms with van der Waals surface area (Å²) in [6.45, 7) is 4.66. The van der Waals surface area contributed by atoms with Crippen molar-refractivity contribution in [1.82, 2.24) is 14.8 Å². The van der Waals surface area contributed by atoms with Gasteiger partial charge >= 0.3 is 0 Å². The van der Waals surface area contributed by atoms with Gasteiger partial charge in [-0.2, -0.15) is 0 Å². The van der Waals surface area contributed by atoms with Crippen LogP contribution in [0.3, 0.4) is 0 Å². The lowest BCUT2D eigenvalue weighted by Crippen LogP contribution is -2.15. The second kappa shape index (κ2) is 12.8. The molecule has 0 unspecified atom stereocenters. The van der Waals surface area contributed by atoms with E-state index in [9.17, 15) is 14.9 Å². The maximum absolute atomic E-state index is 12.4. The van der Waals surface area contributed by atoms with Crippen LogP contribution in [0.25, 0.3) is 0 Å². The minimum Gasteiger partial charge on any atom is -0.492 e. The quantitative estimate of drug-likeness (QED) is 0.0946. The highest BCUT2D eigenvalue weighted by Crippen LogP contribution is 2.29. The smallest absolute Gasteiger partial charge is 0.289 e. The number of carbonyl (C=O) groups excluding carboxylic acids is 1. The normalized spacial score (nSPS) is 10.7. The second-order valence-electron chi connectivity index (χ2n) is 7.08. The molecule has 0 fully saturated rings. The van der Waals surface area contributed by atoms with Gasteiger partial charge in [0.1, 0.15) is 16.6 Å². The minimum absolute atomic E-state index is 0.00547. The number of halogens is 3. The number of carbonyl (C=O) groups is 1. The number of nitrogens with zero attached hydrogens (tertiary/aromatic N) is 4. The molecule has 1 amide bonds. The SMILES string of the molecule is C=CCn1c(CCCOc2ccc(Cl)cc2Cl)nnc1SCC(=O)Nc1ccc(Cl)c([N+](=O)[O-])c1. The summed E-state index contributed by atoms with van der Waals surface area (Å²) in [5, 5.41) is 23.6. The number of hydrogen-bond donors (Lipinski definition) is 1. The fraction of sp³-hybridized carbons (Fsp3) is 0.227. The Labute approximate surface area is 220 Å². The molecule has 3 aromatic rings. The first-order valence-corrected chi connectivity index (χ1v) is 12.4. The number of nitrogens with one attached hydrogen (secondary N) is 1. The third-order valence-corrected chi connectivity index (χ3v) is 6.38. The average Bonchev–Trinajstić information content (AvgIpc) is 3.19. The third kappa shape index (κ3) is 7.60. The highest BCUT2D eigenvalue weighted by atomic mass is 35.5. The Bertz CT molecular complexity index is 1240. The highest BCUT2D eigenvalue weighted by Gasteiger charge is 2.16. The van der Waals surface area contributed by atoms with Crippen molar-refractivity contribution in [3.8, 4) is 5.75 Å². The van der Waals surface area contributed by atoms with E-state index in [4.69, 9.17) is 39.5 Å². The number of hydrogen-bond acceptors (Lipinski definition) is 7. The molecule has 35 heavy (non-hydrogen) atoms. The van der Waals surface area contributed by atoms with Gasteiger partial charge in [-0.25, -0.2) is 0 Å². The van der Waals surface area contributed by atoms with Crippen molar-refractivity contribution in [3.63, 3.8) is 0 Å². The largest absolute Gasteiger partial charge is 0.492 e. The molecule has 0 saturated carbocycles. The van der Waals surface area contributed by atoms with Gasteiger partial charge in [-0.3, -0.25) is 14.9 Å². The molecule has 184 valence electrons. The number of rotatable bonds is 12. The van der Waals surface area contributed by atoms with Crippen LogP contribution >= 0.6 is 46.6 Å². The zero-order valence-corrected chi connectivity index (χ0v) is 21.3. The molecule has 0 spiro atoms. The summed E-state index contributed by atoms with van der Waals surface area (Å²) < 4.78 is 7.58. The molecule has 0 aliphatic rings. The van der Waals surface area contributed by atoms with E-state index in [2.05, 4.69) is 22.1 Å². The lowest BCUT2D eigenvalue weighted by atomic mass is 10.3. The van der Waals surface area contributed by atoms with E-state index in [0.717, 1.165) is 5.82 Å². The van der Waals surface area contributed by atoms with Crippen LogP contribution in [-0.2, 0) is 17.8 Å². The molecule has 0 aliphatic heterocycles. The fourth-order valence-corrected chi connectivity index (χ4v) is 4.40. The van der Waals surface area contributed by atoms with Crippen molar-refractivity contribution >= 4 is 63.8 Å². The predicted octanol–water partition coefficient (Wildman–Crippen LogP) is 6.07.